The quantitative estimate of drug-likeness (QED) is 0.757. The average molecular weight is 365 g/mol. The highest BCUT2D eigenvalue weighted by atomic mass is 19.1. The molecule has 0 radical (unpaired) electrons. The Bertz CT molecular complexity index is 689. The van der Waals surface area contributed by atoms with Gasteiger partial charge in [-0.25, -0.2) is 8.78 Å². The lowest BCUT2D eigenvalue weighted by atomic mass is 10.0. The predicted octanol–water partition coefficient (Wildman–Crippen LogP) is 1.98. The lowest BCUT2D eigenvalue weighted by Crippen LogP contribution is -2.50. The maximum absolute atomic E-state index is 13.3. The monoisotopic (exact) mass is 365 g/mol. The van der Waals surface area contributed by atoms with Crippen LogP contribution in [0.1, 0.15) is 25.7 Å². The Balaban J connectivity index is 2.00. The Morgan fingerprint density at radius 1 is 1.19 bits per heavy atom. The van der Waals surface area contributed by atoms with Crippen LogP contribution in [0.3, 0.4) is 0 Å². The van der Waals surface area contributed by atoms with Gasteiger partial charge in [0.2, 0.25) is 17.7 Å². The van der Waals surface area contributed by atoms with Gasteiger partial charge in [-0.1, -0.05) is 6.58 Å². The summed E-state index contributed by atoms with van der Waals surface area (Å²) in [5.41, 5.74) is 0.00344. The molecule has 140 valence electrons. The highest BCUT2D eigenvalue weighted by Crippen LogP contribution is 2.20. The molecule has 1 atom stereocenters. The molecule has 1 aliphatic heterocycles. The zero-order valence-electron chi connectivity index (χ0n) is 14.3. The molecule has 0 aromatic heterocycles. The van der Waals surface area contributed by atoms with Crippen LogP contribution >= 0.6 is 0 Å². The van der Waals surface area contributed by atoms with Gasteiger partial charge in [-0.3, -0.25) is 14.4 Å². The topological polar surface area (TPSA) is 78.5 Å². The molecule has 6 nitrogen and oxygen atoms in total. The fourth-order valence-corrected chi connectivity index (χ4v) is 2.86. The van der Waals surface area contributed by atoms with Crippen LogP contribution in [0, 0.1) is 11.6 Å². The number of amides is 3. The van der Waals surface area contributed by atoms with Crippen LogP contribution in [-0.4, -0.2) is 41.8 Å². The third-order valence-electron chi connectivity index (χ3n) is 4.08. The van der Waals surface area contributed by atoms with Crippen LogP contribution < -0.4 is 10.6 Å². The number of hydrogen-bond acceptors (Lipinski definition) is 3. The number of anilines is 1. The summed E-state index contributed by atoms with van der Waals surface area (Å²) in [7, 11) is 0. The maximum Gasteiger partial charge on any atom is 0.247 e. The van der Waals surface area contributed by atoms with Crippen LogP contribution in [-0.2, 0) is 14.4 Å². The van der Waals surface area contributed by atoms with Gasteiger partial charge in [-0.05, 0) is 37.5 Å². The standard InChI is InChI=1S/C18H21F2N3O3/c1-2-16(24)21-7-6-17(25)23-8-4-3-5-15(23)18(26)22-14-10-12(19)9-13(20)11-14/h2,9-11,15H,1,3-8H2,(H,21,24)(H,22,26). The lowest BCUT2D eigenvalue weighted by Gasteiger charge is -2.34. The van der Waals surface area contributed by atoms with Crippen molar-refractivity contribution in [2.24, 2.45) is 0 Å². The largest absolute Gasteiger partial charge is 0.352 e. The molecule has 1 aromatic rings. The van der Waals surface area contributed by atoms with Gasteiger partial charge < -0.3 is 15.5 Å². The van der Waals surface area contributed by atoms with Crippen molar-refractivity contribution in [3.8, 4) is 0 Å². The second-order valence-corrected chi connectivity index (χ2v) is 5.99. The number of rotatable bonds is 6. The summed E-state index contributed by atoms with van der Waals surface area (Å²) < 4.78 is 26.5. The number of benzene rings is 1. The fourth-order valence-electron chi connectivity index (χ4n) is 2.86. The van der Waals surface area contributed by atoms with E-state index in [9.17, 15) is 23.2 Å². The third kappa shape index (κ3) is 5.37. The van der Waals surface area contributed by atoms with Crippen molar-refractivity contribution in [1.29, 1.82) is 0 Å². The smallest absolute Gasteiger partial charge is 0.247 e. The maximum atomic E-state index is 13.3. The Morgan fingerprint density at radius 3 is 2.54 bits per heavy atom. The second kappa shape index (κ2) is 9.07. The minimum atomic E-state index is -0.796. The average Bonchev–Trinajstić information content (AvgIpc) is 2.60. The van der Waals surface area contributed by atoms with E-state index in [0.717, 1.165) is 31.1 Å². The first kappa shape index (κ1) is 19.6. The molecule has 1 heterocycles. The van der Waals surface area contributed by atoms with Crippen LogP contribution in [0.4, 0.5) is 14.5 Å². The normalized spacial score (nSPS) is 16.7. The van der Waals surface area contributed by atoms with Crippen LogP contribution in [0.5, 0.6) is 0 Å². The summed E-state index contributed by atoms with van der Waals surface area (Å²) in [6.45, 7) is 3.88. The van der Waals surface area contributed by atoms with Crippen LogP contribution in [0.15, 0.2) is 30.9 Å². The summed E-state index contributed by atoms with van der Waals surface area (Å²) in [6, 6.07) is 2.03. The van der Waals surface area contributed by atoms with Crippen molar-refractivity contribution in [2.75, 3.05) is 18.4 Å². The molecule has 2 rings (SSSR count). The van der Waals surface area contributed by atoms with E-state index in [0.29, 0.717) is 19.0 Å². The zero-order valence-corrected chi connectivity index (χ0v) is 14.3. The van der Waals surface area contributed by atoms with Crippen molar-refractivity contribution in [3.63, 3.8) is 0 Å². The Hall–Kier alpha value is -2.77. The molecule has 0 bridgehead atoms. The first-order chi connectivity index (χ1) is 12.4. The van der Waals surface area contributed by atoms with E-state index in [1.54, 1.807) is 0 Å². The van der Waals surface area contributed by atoms with Crippen LogP contribution in [0.2, 0.25) is 0 Å². The summed E-state index contributed by atoms with van der Waals surface area (Å²) in [5.74, 6) is -2.72. The van der Waals surface area contributed by atoms with E-state index < -0.39 is 23.6 Å². The van der Waals surface area contributed by atoms with Gasteiger partial charge in [0.25, 0.3) is 0 Å². The highest BCUT2D eigenvalue weighted by Gasteiger charge is 2.31. The van der Waals surface area contributed by atoms with E-state index in [1.165, 1.54) is 4.90 Å². The van der Waals surface area contributed by atoms with E-state index in [1.807, 2.05) is 0 Å². The number of nitrogens with one attached hydrogen (secondary N) is 2. The van der Waals surface area contributed by atoms with Gasteiger partial charge in [-0.15, -0.1) is 0 Å². The molecule has 1 unspecified atom stereocenters. The Labute approximate surface area is 150 Å². The summed E-state index contributed by atoms with van der Waals surface area (Å²) in [6.07, 6.45) is 3.17. The second-order valence-electron chi connectivity index (χ2n) is 5.99. The van der Waals surface area contributed by atoms with Crippen molar-refractivity contribution >= 4 is 23.4 Å². The number of likely N-dealkylation sites (tertiary alicyclic amines) is 1. The first-order valence-electron chi connectivity index (χ1n) is 8.37. The number of hydrogen-bond donors (Lipinski definition) is 2. The molecule has 0 aliphatic carbocycles. The molecule has 2 N–H and O–H groups in total. The van der Waals surface area contributed by atoms with Crippen molar-refractivity contribution in [3.05, 3.63) is 42.5 Å². The van der Waals surface area contributed by atoms with Gasteiger partial charge in [0.1, 0.15) is 17.7 Å². The Morgan fingerprint density at radius 2 is 1.88 bits per heavy atom. The number of halogens is 2. The molecule has 1 saturated heterocycles. The molecule has 8 heteroatoms. The predicted molar refractivity (Wildman–Crippen MR) is 92.2 cm³/mol. The van der Waals surface area contributed by atoms with Gasteiger partial charge in [0.15, 0.2) is 0 Å². The number of piperidine rings is 1. The molecule has 3 amide bonds. The van der Waals surface area contributed by atoms with E-state index in [4.69, 9.17) is 0 Å². The van der Waals surface area contributed by atoms with E-state index in [-0.39, 0.29) is 30.5 Å². The van der Waals surface area contributed by atoms with Crippen molar-refractivity contribution in [1.82, 2.24) is 10.2 Å². The summed E-state index contributed by atoms with van der Waals surface area (Å²) >= 11 is 0. The lowest BCUT2D eigenvalue weighted by molar-refractivity contribution is -0.140. The van der Waals surface area contributed by atoms with Gasteiger partial charge in [0, 0.05) is 31.3 Å². The minimum Gasteiger partial charge on any atom is -0.352 e. The number of carbonyl (C=O) groups excluding carboxylic acids is 3. The molecule has 0 saturated carbocycles. The molecular formula is C18H21F2N3O3. The Kier molecular flexibility index (Phi) is 6.82. The number of nitrogens with zero attached hydrogens (tertiary/aromatic N) is 1. The van der Waals surface area contributed by atoms with Gasteiger partial charge in [0.05, 0.1) is 0 Å². The highest BCUT2D eigenvalue weighted by molar-refractivity contribution is 5.97. The van der Waals surface area contributed by atoms with Crippen molar-refractivity contribution in [2.45, 2.75) is 31.7 Å². The van der Waals surface area contributed by atoms with Crippen molar-refractivity contribution < 1.29 is 23.2 Å². The number of carbonyl (C=O) groups is 3. The fraction of sp³-hybridized carbons (Fsp3) is 0.389. The van der Waals surface area contributed by atoms with E-state index in [2.05, 4.69) is 17.2 Å². The van der Waals surface area contributed by atoms with Crippen LogP contribution in [0.25, 0.3) is 0 Å². The third-order valence-corrected chi connectivity index (χ3v) is 4.08. The summed E-state index contributed by atoms with van der Waals surface area (Å²) in [4.78, 5) is 37.5. The summed E-state index contributed by atoms with van der Waals surface area (Å²) in [5, 5.41) is 4.98. The van der Waals surface area contributed by atoms with Gasteiger partial charge >= 0.3 is 0 Å². The molecule has 1 aliphatic rings. The molecule has 0 spiro atoms. The first-order valence-corrected chi connectivity index (χ1v) is 8.37. The molecule has 26 heavy (non-hydrogen) atoms. The molecule has 1 fully saturated rings. The van der Waals surface area contributed by atoms with Gasteiger partial charge in [-0.2, -0.15) is 0 Å². The molecule has 1 aromatic carbocycles. The minimum absolute atomic E-state index is 0.00344. The zero-order chi connectivity index (χ0) is 19.1. The van der Waals surface area contributed by atoms with E-state index >= 15 is 0 Å². The SMILES string of the molecule is C=CC(=O)NCCC(=O)N1CCCCC1C(=O)Nc1cc(F)cc(F)c1. The molecular weight excluding hydrogens is 344 g/mol.